The van der Waals surface area contributed by atoms with Crippen LogP contribution in [0, 0.1) is 0 Å². The second-order valence-corrected chi connectivity index (χ2v) is 7.24. The van der Waals surface area contributed by atoms with E-state index in [2.05, 4.69) is 10.3 Å². The van der Waals surface area contributed by atoms with Crippen LogP contribution in [0.3, 0.4) is 0 Å². The normalized spacial score (nSPS) is 12.3. The van der Waals surface area contributed by atoms with Crippen LogP contribution in [0.15, 0.2) is 42.6 Å². The molecule has 1 aromatic carbocycles. The number of carboxylic acid groups (broad SMARTS) is 1. The molecular formula is C21H26N2O5. The molecule has 2 rings (SSSR count). The molecule has 2 aromatic rings. The molecule has 7 heteroatoms. The number of carbonyl (C=O) groups is 2. The number of hydrogen-bond donors (Lipinski definition) is 2. The molecule has 0 saturated carbocycles. The van der Waals surface area contributed by atoms with Gasteiger partial charge in [-0.1, -0.05) is 6.07 Å². The molecule has 150 valence electrons. The van der Waals surface area contributed by atoms with E-state index in [1.807, 2.05) is 32.9 Å². The smallest absolute Gasteiger partial charge is 0.326 e. The highest BCUT2D eigenvalue weighted by Crippen LogP contribution is 2.29. The molecular weight excluding hydrogens is 360 g/mol. The van der Waals surface area contributed by atoms with Crippen LogP contribution in [0.5, 0.6) is 5.75 Å². The minimum atomic E-state index is -1.11. The largest absolute Gasteiger partial charge is 0.496 e. The van der Waals surface area contributed by atoms with Gasteiger partial charge in [0.25, 0.3) is 5.91 Å². The molecule has 0 saturated heterocycles. The number of nitrogens with one attached hydrogen (secondary N) is 1. The Hall–Kier alpha value is -2.93. The lowest BCUT2D eigenvalue weighted by Crippen LogP contribution is -2.42. The average Bonchev–Trinajstić information content (AvgIpc) is 2.66. The zero-order valence-electron chi connectivity index (χ0n) is 16.6. The molecule has 0 aliphatic rings. The quantitative estimate of drug-likeness (QED) is 0.723. The summed E-state index contributed by atoms with van der Waals surface area (Å²) in [6, 6.07) is 9.29. The Bertz CT molecular complexity index is 815. The number of methoxy groups -OCH3 is 1. The highest BCUT2D eigenvalue weighted by Gasteiger charge is 2.22. The predicted molar refractivity (Wildman–Crippen MR) is 105 cm³/mol. The van der Waals surface area contributed by atoms with E-state index >= 15 is 0 Å². The van der Waals surface area contributed by atoms with Gasteiger partial charge in [-0.2, -0.15) is 0 Å². The van der Waals surface area contributed by atoms with Crippen LogP contribution in [0.1, 0.15) is 37.6 Å². The van der Waals surface area contributed by atoms with E-state index in [0.717, 1.165) is 0 Å². The highest BCUT2D eigenvalue weighted by molar-refractivity contribution is 5.98. The molecule has 0 radical (unpaired) electrons. The summed E-state index contributed by atoms with van der Waals surface area (Å²) in [4.78, 5) is 28.4. The number of rotatable bonds is 8. The number of aromatic nitrogens is 1. The Labute approximate surface area is 164 Å². The van der Waals surface area contributed by atoms with Crippen molar-refractivity contribution in [3.63, 3.8) is 0 Å². The van der Waals surface area contributed by atoms with E-state index < -0.39 is 17.9 Å². The summed E-state index contributed by atoms with van der Waals surface area (Å²) in [6.07, 6.45) is 1.82. The van der Waals surface area contributed by atoms with Crippen LogP contribution in [0.2, 0.25) is 0 Å². The van der Waals surface area contributed by atoms with Gasteiger partial charge in [0.1, 0.15) is 11.8 Å². The van der Waals surface area contributed by atoms with Crippen LogP contribution in [-0.2, 0) is 9.53 Å². The number of benzene rings is 1. The first-order valence-electron chi connectivity index (χ1n) is 8.98. The molecule has 1 amide bonds. The third-order valence-electron chi connectivity index (χ3n) is 3.95. The van der Waals surface area contributed by atoms with Crippen molar-refractivity contribution < 1.29 is 24.2 Å². The molecule has 0 spiro atoms. The molecule has 7 nitrogen and oxygen atoms in total. The van der Waals surface area contributed by atoms with Crippen LogP contribution in [-0.4, -0.2) is 47.3 Å². The number of carboxylic acids is 1. The Morgan fingerprint density at radius 2 is 1.96 bits per heavy atom. The molecule has 28 heavy (non-hydrogen) atoms. The standard InChI is InChI=1S/C21H26N2O5/c1-21(2,3)28-12-10-17(20(25)26)23-19(24)14-8-9-18(27-4)15(13-14)16-7-5-6-11-22-16/h5-9,11,13,17H,10,12H2,1-4H3,(H,23,24)(H,25,26). The first-order valence-corrected chi connectivity index (χ1v) is 8.98. The fraction of sp³-hybridized carbons (Fsp3) is 0.381. The second kappa shape index (κ2) is 9.32. The summed E-state index contributed by atoms with van der Waals surface area (Å²) in [7, 11) is 1.54. The van der Waals surface area contributed by atoms with Gasteiger partial charge in [0.2, 0.25) is 0 Å². The van der Waals surface area contributed by atoms with Crippen molar-refractivity contribution in [1.82, 2.24) is 10.3 Å². The molecule has 2 N–H and O–H groups in total. The van der Waals surface area contributed by atoms with E-state index in [1.165, 1.54) is 7.11 Å². The van der Waals surface area contributed by atoms with Crippen LogP contribution >= 0.6 is 0 Å². The predicted octanol–water partition coefficient (Wildman–Crippen LogP) is 3.15. The minimum Gasteiger partial charge on any atom is -0.496 e. The van der Waals surface area contributed by atoms with Gasteiger partial charge in [-0.05, 0) is 51.1 Å². The van der Waals surface area contributed by atoms with E-state index in [9.17, 15) is 14.7 Å². The Morgan fingerprint density at radius 1 is 1.21 bits per heavy atom. The SMILES string of the molecule is COc1ccc(C(=O)NC(CCOC(C)(C)C)C(=O)O)cc1-c1ccccn1. The maximum atomic E-state index is 12.6. The minimum absolute atomic E-state index is 0.168. The lowest BCUT2D eigenvalue weighted by atomic mass is 10.0. The van der Waals surface area contributed by atoms with Crippen LogP contribution < -0.4 is 10.1 Å². The Kier molecular flexibility index (Phi) is 7.12. The lowest BCUT2D eigenvalue weighted by Gasteiger charge is -2.21. The monoisotopic (exact) mass is 386 g/mol. The van der Waals surface area contributed by atoms with Crippen molar-refractivity contribution >= 4 is 11.9 Å². The number of aliphatic carboxylic acids is 1. The van der Waals surface area contributed by atoms with Crippen molar-refractivity contribution in [2.75, 3.05) is 13.7 Å². The van der Waals surface area contributed by atoms with Crippen molar-refractivity contribution in [2.45, 2.75) is 38.8 Å². The van der Waals surface area contributed by atoms with E-state index in [-0.39, 0.29) is 18.6 Å². The Balaban J connectivity index is 2.17. The van der Waals surface area contributed by atoms with Gasteiger partial charge in [0.05, 0.1) is 18.4 Å². The third kappa shape index (κ3) is 6.06. The molecule has 0 bridgehead atoms. The average molecular weight is 386 g/mol. The molecule has 1 aromatic heterocycles. The fourth-order valence-corrected chi connectivity index (χ4v) is 2.55. The summed E-state index contributed by atoms with van der Waals surface area (Å²) in [6.45, 7) is 5.89. The molecule has 1 unspecified atom stereocenters. The van der Waals surface area contributed by atoms with Gasteiger partial charge in [-0.15, -0.1) is 0 Å². The number of carbonyl (C=O) groups excluding carboxylic acids is 1. The first-order chi connectivity index (χ1) is 13.2. The van der Waals surface area contributed by atoms with Crippen molar-refractivity contribution in [1.29, 1.82) is 0 Å². The van der Waals surface area contributed by atoms with Crippen LogP contribution in [0.4, 0.5) is 0 Å². The molecule has 0 aliphatic carbocycles. The van der Waals surface area contributed by atoms with Gasteiger partial charge in [0, 0.05) is 30.4 Å². The summed E-state index contributed by atoms with van der Waals surface area (Å²) in [5.41, 5.74) is 1.26. The summed E-state index contributed by atoms with van der Waals surface area (Å²) in [5.74, 6) is -1.02. The van der Waals surface area contributed by atoms with Crippen molar-refractivity contribution in [3.8, 4) is 17.0 Å². The van der Waals surface area contributed by atoms with Gasteiger partial charge < -0.3 is 19.9 Å². The van der Waals surface area contributed by atoms with Crippen molar-refractivity contribution in [2.24, 2.45) is 0 Å². The van der Waals surface area contributed by atoms with E-state index in [1.54, 1.807) is 30.5 Å². The number of pyridine rings is 1. The van der Waals surface area contributed by atoms with Crippen molar-refractivity contribution in [3.05, 3.63) is 48.2 Å². The van der Waals surface area contributed by atoms with E-state index in [0.29, 0.717) is 22.6 Å². The number of amides is 1. The lowest BCUT2D eigenvalue weighted by molar-refractivity contribution is -0.140. The van der Waals surface area contributed by atoms with Gasteiger partial charge in [-0.25, -0.2) is 4.79 Å². The highest BCUT2D eigenvalue weighted by atomic mass is 16.5. The molecule has 1 heterocycles. The molecule has 0 aliphatic heterocycles. The zero-order valence-corrected chi connectivity index (χ0v) is 16.6. The maximum absolute atomic E-state index is 12.6. The number of hydrogen-bond acceptors (Lipinski definition) is 5. The van der Waals surface area contributed by atoms with Gasteiger partial charge >= 0.3 is 5.97 Å². The maximum Gasteiger partial charge on any atom is 0.326 e. The summed E-state index contributed by atoms with van der Waals surface area (Å²) >= 11 is 0. The Morgan fingerprint density at radius 3 is 2.54 bits per heavy atom. The summed E-state index contributed by atoms with van der Waals surface area (Å²) < 4.78 is 10.9. The van der Waals surface area contributed by atoms with Gasteiger partial charge in [-0.3, -0.25) is 9.78 Å². The van der Waals surface area contributed by atoms with Gasteiger partial charge in [0.15, 0.2) is 0 Å². The number of nitrogens with zero attached hydrogens (tertiary/aromatic N) is 1. The second-order valence-electron chi connectivity index (χ2n) is 7.24. The zero-order chi connectivity index (χ0) is 20.7. The number of ether oxygens (including phenoxy) is 2. The topological polar surface area (TPSA) is 97.8 Å². The third-order valence-corrected chi connectivity index (χ3v) is 3.95. The fourth-order valence-electron chi connectivity index (χ4n) is 2.55. The van der Waals surface area contributed by atoms with E-state index in [4.69, 9.17) is 9.47 Å². The summed E-state index contributed by atoms with van der Waals surface area (Å²) in [5, 5.41) is 12.0. The van der Waals surface area contributed by atoms with Crippen LogP contribution in [0.25, 0.3) is 11.3 Å². The molecule has 1 atom stereocenters. The molecule has 0 fully saturated rings. The first kappa shape index (κ1) is 21.4.